The highest BCUT2D eigenvalue weighted by Gasteiger charge is 2.71. The Kier molecular flexibility index (Phi) is 6.94. The minimum atomic E-state index is -0.476. The van der Waals surface area contributed by atoms with Crippen molar-refractivity contribution in [3.63, 3.8) is 0 Å². The molecule has 4 saturated carbocycles. The number of hydrogen-bond acceptors (Lipinski definition) is 3. The van der Waals surface area contributed by atoms with Gasteiger partial charge in [0.2, 0.25) is 0 Å². The number of aliphatic hydroxyl groups excluding tert-OH is 2. The van der Waals surface area contributed by atoms with Gasteiger partial charge in [-0.15, -0.1) is 0 Å². The fourth-order valence-corrected chi connectivity index (χ4v) is 11.0. The van der Waals surface area contributed by atoms with Crippen LogP contribution in [-0.4, -0.2) is 35.1 Å². The highest BCUT2D eigenvalue weighted by Crippen LogP contribution is 2.78. The maximum Gasteiger partial charge on any atom is 0.0880 e. The number of ether oxygens (including phenoxy) is 1. The lowest BCUT2D eigenvalue weighted by Crippen LogP contribution is -2.66. The summed E-state index contributed by atoms with van der Waals surface area (Å²) in [4.78, 5) is 0. The Morgan fingerprint density at radius 2 is 1.29 bits per heavy atom. The van der Waals surface area contributed by atoms with Crippen molar-refractivity contribution in [3.8, 4) is 0 Å². The second-order valence-corrected chi connectivity index (χ2v) is 15.8. The molecule has 0 aliphatic heterocycles. The topological polar surface area (TPSA) is 49.7 Å². The minimum Gasteiger partial charge on any atom is -0.393 e. The van der Waals surface area contributed by atoms with Crippen molar-refractivity contribution in [2.75, 3.05) is 7.11 Å². The lowest BCUT2D eigenvalue weighted by molar-refractivity contribution is -0.244. The summed E-state index contributed by atoms with van der Waals surface area (Å²) in [5, 5.41) is 21.7. The maximum absolute atomic E-state index is 10.9. The molecule has 0 bridgehead atoms. The van der Waals surface area contributed by atoms with E-state index in [4.69, 9.17) is 4.74 Å². The molecule has 0 heterocycles. The Bertz CT molecular complexity index is 790. The van der Waals surface area contributed by atoms with E-state index in [1.165, 1.54) is 44.9 Å². The van der Waals surface area contributed by atoms with E-state index < -0.39 is 11.7 Å². The Morgan fingerprint density at radius 3 is 1.91 bits per heavy atom. The van der Waals surface area contributed by atoms with E-state index in [0.29, 0.717) is 33.5 Å². The van der Waals surface area contributed by atoms with Gasteiger partial charge in [-0.05, 0) is 129 Å². The molecule has 10 unspecified atom stereocenters. The Balaban J connectivity index is 1.57. The van der Waals surface area contributed by atoms with Crippen LogP contribution in [0.25, 0.3) is 0 Å². The summed E-state index contributed by atoms with van der Waals surface area (Å²) in [6.45, 7) is 21.8. The van der Waals surface area contributed by atoms with Gasteiger partial charge in [0, 0.05) is 7.11 Å². The highest BCUT2D eigenvalue weighted by molar-refractivity contribution is 5.20. The maximum atomic E-state index is 10.9. The molecule has 2 N–H and O–H groups in total. The van der Waals surface area contributed by atoms with Gasteiger partial charge in [-0.2, -0.15) is 0 Å². The van der Waals surface area contributed by atoms with E-state index in [0.717, 1.165) is 31.1 Å². The minimum absolute atomic E-state index is 0.0200. The molecule has 4 fully saturated rings. The molecule has 0 spiro atoms. The summed E-state index contributed by atoms with van der Waals surface area (Å²) in [7, 11) is 1.71. The fraction of sp³-hybridized carbons (Fsp3) is 1.00. The molecule has 0 aromatic carbocycles. The molecule has 4 aliphatic carbocycles. The van der Waals surface area contributed by atoms with Crippen molar-refractivity contribution >= 4 is 0 Å². The van der Waals surface area contributed by atoms with E-state index in [2.05, 4.69) is 48.5 Å². The van der Waals surface area contributed by atoms with Gasteiger partial charge in [-0.3, -0.25) is 0 Å². The smallest absolute Gasteiger partial charge is 0.0880 e. The fourth-order valence-electron chi connectivity index (χ4n) is 11.0. The van der Waals surface area contributed by atoms with Gasteiger partial charge < -0.3 is 14.9 Å². The van der Waals surface area contributed by atoms with Crippen molar-refractivity contribution < 1.29 is 14.9 Å². The molecule has 0 aromatic rings. The van der Waals surface area contributed by atoms with Crippen molar-refractivity contribution in [3.05, 3.63) is 0 Å². The molecule has 3 nitrogen and oxygen atoms in total. The van der Waals surface area contributed by atoms with Crippen LogP contribution in [0, 0.1) is 50.7 Å². The molecule has 0 saturated heterocycles. The van der Waals surface area contributed by atoms with E-state index in [1.807, 2.05) is 13.8 Å². The number of rotatable bonds is 6. The van der Waals surface area contributed by atoms with Gasteiger partial charge in [-0.1, -0.05) is 48.5 Å². The van der Waals surface area contributed by atoms with Gasteiger partial charge in [0.1, 0.15) is 0 Å². The van der Waals surface area contributed by atoms with Crippen LogP contribution >= 0.6 is 0 Å². The van der Waals surface area contributed by atoms with E-state index >= 15 is 0 Å². The Morgan fingerprint density at radius 1 is 0.771 bits per heavy atom. The van der Waals surface area contributed by atoms with Crippen LogP contribution in [-0.2, 0) is 4.74 Å². The molecule has 4 aliphatic rings. The third-order valence-corrected chi connectivity index (χ3v) is 14.2. The lowest BCUT2D eigenvalue weighted by atomic mass is 9.33. The molecule has 0 radical (unpaired) electrons. The van der Waals surface area contributed by atoms with Crippen molar-refractivity contribution in [1.82, 2.24) is 0 Å². The van der Waals surface area contributed by atoms with E-state index in [1.54, 1.807) is 7.11 Å². The van der Waals surface area contributed by atoms with Crippen LogP contribution in [0.1, 0.15) is 127 Å². The average molecular weight is 491 g/mol. The van der Waals surface area contributed by atoms with E-state index in [-0.39, 0.29) is 11.5 Å². The molecule has 35 heavy (non-hydrogen) atoms. The third kappa shape index (κ3) is 3.75. The molecule has 10 atom stereocenters. The standard InChI is InChI=1S/C32H58O3/c1-21(11-14-26(34)28(4,5)35-10)22-15-17-31(8)24-13-12-23-27(2,3)25(33)16-18-30(23,7)32(24,9)20-19-29(22,31)6/h21-26,33-34H,11-20H2,1-10H3. The van der Waals surface area contributed by atoms with Crippen molar-refractivity contribution in [2.24, 2.45) is 50.7 Å². The first-order chi connectivity index (χ1) is 16.0. The molecular weight excluding hydrogens is 432 g/mol. The predicted molar refractivity (Wildman–Crippen MR) is 145 cm³/mol. The monoisotopic (exact) mass is 490 g/mol. The van der Waals surface area contributed by atoms with Gasteiger partial charge in [-0.25, -0.2) is 0 Å². The number of fused-ring (bicyclic) bond motifs is 5. The second kappa shape index (κ2) is 8.70. The van der Waals surface area contributed by atoms with Crippen LogP contribution in [0.5, 0.6) is 0 Å². The average Bonchev–Trinajstić information content (AvgIpc) is 3.07. The first kappa shape index (κ1) is 27.9. The highest BCUT2D eigenvalue weighted by atomic mass is 16.5. The zero-order valence-corrected chi connectivity index (χ0v) is 24.8. The summed E-state index contributed by atoms with van der Waals surface area (Å²) in [5.41, 5.74) is 0.992. The van der Waals surface area contributed by atoms with Crippen molar-refractivity contribution in [2.45, 2.75) is 144 Å². The lowest BCUT2D eigenvalue weighted by Gasteiger charge is -2.72. The zero-order chi connectivity index (χ0) is 26.2. The van der Waals surface area contributed by atoms with Crippen LogP contribution in [0.4, 0.5) is 0 Å². The zero-order valence-electron chi connectivity index (χ0n) is 24.8. The van der Waals surface area contributed by atoms with E-state index in [9.17, 15) is 10.2 Å². The SMILES string of the molecule is COC(C)(C)C(O)CCC(C)C1CCC2(C)C3CCC4C(C)(C)C(O)CCC4(C)C3(C)CCC12C. The first-order valence-corrected chi connectivity index (χ1v) is 14.9. The van der Waals surface area contributed by atoms with Crippen molar-refractivity contribution in [1.29, 1.82) is 0 Å². The summed E-state index contributed by atoms with van der Waals surface area (Å²) in [5.74, 6) is 2.76. The van der Waals surface area contributed by atoms with Crippen LogP contribution < -0.4 is 0 Å². The normalized spacial score (nSPS) is 49.0. The molecule has 0 aromatic heterocycles. The molecule has 204 valence electrons. The van der Waals surface area contributed by atoms with Gasteiger partial charge in [0.05, 0.1) is 17.8 Å². The molecular formula is C32H58O3. The molecule has 3 heteroatoms. The molecule has 0 amide bonds. The second-order valence-electron chi connectivity index (χ2n) is 15.8. The quantitative estimate of drug-likeness (QED) is 0.402. The summed E-state index contributed by atoms with van der Waals surface area (Å²) < 4.78 is 5.56. The Hall–Kier alpha value is -0.120. The first-order valence-electron chi connectivity index (χ1n) is 14.9. The Labute approximate surface area is 217 Å². The van der Waals surface area contributed by atoms with Crippen LogP contribution in [0.3, 0.4) is 0 Å². The molecule has 4 rings (SSSR count). The van der Waals surface area contributed by atoms with Crippen LogP contribution in [0.15, 0.2) is 0 Å². The summed E-state index contributed by atoms with van der Waals surface area (Å²) in [6.07, 6.45) is 11.5. The summed E-state index contributed by atoms with van der Waals surface area (Å²) >= 11 is 0. The predicted octanol–water partition coefficient (Wildman–Crippen LogP) is 7.62. The van der Waals surface area contributed by atoms with Gasteiger partial charge in [0.15, 0.2) is 0 Å². The van der Waals surface area contributed by atoms with Crippen LogP contribution in [0.2, 0.25) is 0 Å². The third-order valence-electron chi connectivity index (χ3n) is 14.2. The summed E-state index contributed by atoms with van der Waals surface area (Å²) in [6, 6.07) is 0. The number of methoxy groups -OCH3 is 1. The van der Waals surface area contributed by atoms with Gasteiger partial charge >= 0.3 is 0 Å². The van der Waals surface area contributed by atoms with Gasteiger partial charge in [0.25, 0.3) is 0 Å². The number of aliphatic hydroxyl groups is 2. The number of hydrogen-bond donors (Lipinski definition) is 2. The largest absolute Gasteiger partial charge is 0.393 e.